The van der Waals surface area contributed by atoms with Gasteiger partial charge in [-0.3, -0.25) is 14.9 Å². The SMILES string of the molecule is O=C(COC(=O)c1c[nH]c2ccccc12)Nc1c(Br)cc([N+](=O)[O-])cc1Br. The van der Waals surface area contributed by atoms with Gasteiger partial charge in [0.25, 0.3) is 11.6 Å². The molecule has 0 radical (unpaired) electrons. The van der Waals surface area contributed by atoms with Crippen molar-refractivity contribution in [3.63, 3.8) is 0 Å². The van der Waals surface area contributed by atoms with E-state index in [1.54, 1.807) is 12.1 Å². The number of aromatic nitrogens is 1. The summed E-state index contributed by atoms with van der Waals surface area (Å²) in [6, 6.07) is 9.75. The number of nitro groups is 1. The molecule has 3 aromatic rings. The van der Waals surface area contributed by atoms with E-state index in [0.717, 1.165) is 5.52 Å². The lowest BCUT2D eigenvalue weighted by atomic mass is 10.2. The molecule has 1 aromatic heterocycles. The Morgan fingerprint density at radius 2 is 1.85 bits per heavy atom. The first-order valence-electron chi connectivity index (χ1n) is 7.53. The van der Waals surface area contributed by atoms with Gasteiger partial charge >= 0.3 is 5.97 Å². The van der Waals surface area contributed by atoms with Crippen LogP contribution in [-0.4, -0.2) is 28.4 Å². The van der Waals surface area contributed by atoms with Gasteiger partial charge in [0.1, 0.15) is 0 Å². The van der Waals surface area contributed by atoms with Crippen molar-refractivity contribution in [3.8, 4) is 0 Å². The summed E-state index contributed by atoms with van der Waals surface area (Å²) in [5.74, 6) is -1.22. The lowest BCUT2D eigenvalue weighted by Gasteiger charge is -2.10. The van der Waals surface area contributed by atoms with Crippen molar-refractivity contribution in [1.29, 1.82) is 0 Å². The molecule has 0 fully saturated rings. The number of H-pyrrole nitrogens is 1. The Bertz CT molecular complexity index is 1040. The molecule has 10 heteroatoms. The van der Waals surface area contributed by atoms with Crippen LogP contribution < -0.4 is 5.32 Å². The Hall–Kier alpha value is -2.72. The number of nitrogens with one attached hydrogen (secondary N) is 2. The molecule has 8 nitrogen and oxygen atoms in total. The maximum absolute atomic E-state index is 12.2. The molecule has 0 unspecified atom stereocenters. The Labute approximate surface area is 169 Å². The summed E-state index contributed by atoms with van der Waals surface area (Å²) < 4.78 is 5.70. The van der Waals surface area contributed by atoms with Crippen molar-refractivity contribution >= 4 is 66.0 Å². The average molecular weight is 497 g/mol. The standard InChI is InChI=1S/C17H11Br2N3O5/c18-12-5-9(22(25)26)6-13(19)16(12)21-15(23)8-27-17(24)11-7-20-14-4-2-1-3-10(11)14/h1-7,20H,8H2,(H,21,23). The first-order chi connectivity index (χ1) is 12.9. The number of hydrogen-bond acceptors (Lipinski definition) is 5. The summed E-state index contributed by atoms with van der Waals surface area (Å²) in [6.07, 6.45) is 1.52. The molecule has 27 heavy (non-hydrogen) atoms. The highest BCUT2D eigenvalue weighted by Gasteiger charge is 2.18. The van der Waals surface area contributed by atoms with Gasteiger partial charge in [-0.25, -0.2) is 4.79 Å². The van der Waals surface area contributed by atoms with Crippen LogP contribution in [0.25, 0.3) is 10.9 Å². The van der Waals surface area contributed by atoms with Crippen LogP contribution in [0.3, 0.4) is 0 Å². The number of nitrogens with zero attached hydrogens (tertiary/aromatic N) is 1. The number of esters is 1. The molecule has 0 bridgehead atoms. The third-order valence-electron chi connectivity index (χ3n) is 3.65. The average Bonchev–Trinajstić information content (AvgIpc) is 3.06. The molecule has 0 aliphatic carbocycles. The fourth-order valence-corrected chi connectivity index (χ4v) is 3.77. The highest BCUT2D eigenvalue weighted by Crippen LogP contribution is 2.35. The van der Waals surface area contributed by atoms with Crippen LogP contribution in [0, 0.1) is 10.1 Å². The maximum Gasteiger partial charge on any atom is 0.340 e. The number of anilines is 1. The lowest BCUT2D eigenvalue weighted by molar-refractivity contribution is -0.385. The largest absolute Gasteiger partial charge is 0.452 e. The van der Waals surface area contributed by atoms with Crippen LogP contribution in [0.5, 0.6) is 0 Å². The van der Waals surface area contributed by atoms with Crippen LogP contribution in [0.4, 0.5) is 11.4 Å². The molecular weight excluding hydrogens is 486 g/mol. The van der Waals surface area contributed by atoms with Gasteiger partial charge in [-0.2, -0.15) is 0 Å². The smallest absolute Gasteiger partial charge is 0.340 e. The third-order valence-corrected chi connectivity index (χ3v) is 4.90. The number of carbonyl (C=O) groups excluding carboxylic acids is 2. The number of non-ortho nitro benzene ring substituents is 1. The van der Waals surface area contributed by atoms with Gasteiger partial charge in [0.05, 0.1) is 16.2 Å². The molecule has 0 saturated heterocycles. The number of ether oxygens (including phenoxy) is 1. The zero-order chi connectivity index (χ0) is 19.6. The second-order valence-corrected chi connectivity index (χ2v) is 7.12. The van der Waals surface area contributed by atoms with Crippen molar-refractivity contribution in [2.24, 2.45) is 0 Å². The maximum atomic E-state index is 12.2. The minimum atomic E-state index is -0.635. The van der Waals surface area contributed by atoms with E-state index >= 15 is 0 Å². The minimum absolute atomic E-state index is 0.141. The Morgan fingerprint density at radius 3 is 2.52 bits per heavy atom. The predicted molar refractivity (Wildman–Crippen MR) is 106 cm³/mol. The lowest BCUT2D eigenvalue weighted by Crippen LogP contribution is -2.21. The highest BCUT2D eigenvalue weighted by atomic mass is 79.9. The summed E-state index contributed by atoms with van der Waals surface area (Å²) in [7, 11) is 0. The summed E-state index contributed by atoms with van der Waals surface area (Å²) in [4.78, 5) is 37.6. The van der Waals surface area contributed by atoms with Crippen LogP contribution >= 0.6 is 31.9 Å². The van der Waals surface area contributed by atoms with Crippen LogP contribution in [-0.2, 0) is 9.53 Å². The Morgan fingerprint density at radius 1 is 1.19 bits per heavy atom. The number of para-hydroxylation sites is 1. The number of halogens is 2. The van der Waals surface area contributed by atoms with Gasteiger partial charge in [-0.1, -0.05) is 18.2 Å². The molecule has 3 rings (SSSR count). The van der Waals surface area contributed by atoms with Gasteiger partial charge in [0.15, 0.2) is 6.61 Å². The highest BCUT2D eigenvalue weighted by molar-refractivity contribution is 9.11. The summed E-state index contributed by atoms with van der Waals surface area (Å²) >= 11 is 6.34. The summed E-state index contributed by atoms with van der Waals surface area (Å²) in [5, 5.41) is 14.1. The molecule has 138 valence electrons. The van der Waals surface area contributed by atoms with Gasteiger partial charge in [0.2, 0.25) is 0 Å². The zero-order valence-electron chi connectivity index (χ0n) is 13.5. The predicted octanol–water partition coefficient (Wildman–Crippen LogP) is 4.40. The van der Waals surface area contributed by atoms with Crippen molar-refractivity contribution in [2.45, 2.75) is 0 Å². The monoisotopic (exact) mass is 495 g/mol. The van der Waals surface area contributed by atoms with E-state index in [0.29, 0.717) is 25.6 Å². The van der Waals surface area contributed by atoms with Gasteiger partial charge in [-0.15, -0.1) is 0 Å². The molecule has 0 aliphatic heterocycles. The molecule has 2 N–H and O–H groups in total. The van der Waals surface area contributed by atoms with Gasteiger partial charge in [0, 0.05) is 38.2 Å². The molecule has 1 amide bonds. The quantitative estimate of drug-likeness (QED) is 0.308. The third kappa shape index (κ3) is 4.17. The van der Waals surface area contributed by atoms with Crippen LogP contribution in [0.15, 0.2) is 51.5 Å². The molecule has 1 heterocycles. The second-order valence-electron chi connectivity index (χ2n) is 5.41. The zero-order valence-corrected chi connectivity index (χ0v) is 16.7. The van der Waals surface area contributed by atoms with E-state index in [9.17, 15) is 19.7 Å². The molecule has 0 atom stereocenters. The second kappa shape index (κ2) is 7.89. The number of aromatic amines is 1. The van der Waals surface area contributed by atoms with Crippen LogP contribution in [0.1, 0.15) is 10.4 Å². The van der Waals surface area contributed by atoms with E-state index < -0.39 is 23.4 Å². The topological polar surface area (TPSA) is 114 Å². The summed E-state index contributed by atoms with van der Waals surface area (Å²) in [5.41, 5.74) is 1.27. The molecule has 2 aromatic carbocycles. The summed E-state index contributed by atoms with van der Waals surface area (Å²) in [6.45, 7) is -0.506. The number of rotatable bonds is 5. The first-order valence-corrected chi connectivity index (χ1v) is 9.12. The van der Waals surface area contributed by atoms with Crippen molar-refractivity contribution in [3.05, 3.63) is 67.2 Å². The van der Waals surface area contributed by atoms with E-state index in [4.69, 9.17) is 4.74 Å². The van der Waals surface area contributed by atoms with Gasteiger partial charge in [-0.05, 0) is 37.9 Å². The van der Waals surface area contributed by atoms with E-state index in [2.05, 4.69) is 42.2 Å². The molecule has 0 aliphatic rings. The van der Waals surface area contributed by atoms with Crippen molar-refractivity contribution in [2.75, 3.05) is 11.9 Å². The molecular formula is C17H11Br2N3O5. The minimum Gasteiger partial charge on any atom is -0.452 e. The number of fused-ring (bicyclic) bond motifs is 1. The Kier molecular flexibility index (Phi) is 5.57. The number of nitro benzene ring substituents is 1. The molecule has 0 saturated carbocycles. The fourth-order valence-electron chi connectivity index (χ4n) is 2.41. The van der Waals surface area contributed by atoms with Crippen molar-refractivity contribution < 1.29 is 19.2 Å². The van der Waals surface area contributed by atoms with Gasteiger partial charge < -0.3 is 15.0 Å². The number of hydrogen-bond donors (Lipinski definition) is 2. The number of benzene rings is 2. The van der Waals surface area contributed by atoms with E-state index in [1.165, 1.54) is 18.3 Å². The number of amides is 1. The first kappa shape index (κ1) is 19.1. The van der Waals surface area contributed by atoms with Crippen LogP contribution in [0.2, 0.25) is 0 Å². The van der Waals surface area contributed by atoms with E-state index in [1.807, 2.05) is 12.1 Å². The van der Waals surface area contributed by atoms with E-state index in [-0.39, 0.29) is 5.69 Å². The molecule has 0 spiro atoms. The Balaban J connectivity index is 1.66. The number of carbonyl (C=O) groups is 2. The fraction of sp³-hybridized carbons (Fsp3) is 0.0588. The normalized spacial score (nSPS) is 10.6. The van der Waals surface area contributed by atoms with Crippen molar-refractivity contribution in [1.82, 2.24) is 4.98 Å².